The van der Waals surface area contributed by atoms with E-state index in [0.29, 0.717) is 11.3 Å². The molecule has 2 rings (SSSR count). The van der Waals surface area contributed by atoms with Gasteiger partial charge in [0.05, 0.1) is 6.10 Å². The van der Waals surface area contributed by atoms with E-state index in [4.69, 9.17) is 16.3 Å². The van der Waals surface area contributed by atoms with Gasteiger partial charge in [-0.15, -0.1) is 0 Å². The molecule has 1 aromatic rings. The highest BCUT2D eigenvalue weighted by Gasteiger charge is 2.19. The second kappa shape index (κ2) is 4.77. The van der Waals surface area contributed by atoms with Crippen LogP contribution in [0.15, 0.2) is 12.4 Å². The smallest absolute Gasteiger partial charge is 0.134 e. The van der Waals surface area contributed by atoms with Gasteiger partial charge in [-0.3, -0.25) is 0 Å². The fourth-order valence-electron chi connectivity index (χ4n) is 1.82. The second-order valence-electron chi connectivity index (χ2n) is 3.62. The predicted octanol–water partition coefficient (Wildman–Crippen LogP) is 1.75. The summed E-state index contributed by atoms with van der Waals surface area (Å²) in [5.41, 5.74) is 0. The van der Waals surface area contributed by atoms with Crippen LogP contribution in [0.25, 0.3) is 0 Å². The summed E-state index contributed by atoms with van der Waals surface area (Å²) in [7, 11) is 1.77. The first-order valence-corrected chi connectivity index (χ1v) is 5.42. The van der Waals surface area contributed by atoms with Crippen LogP contribution in [0, 0.1) is 0 Å². The van der Waals surface area contributed by atoms with Crippen molar-refractivity contribution in [2.75, 3.05) is 25.1 Å². The zero-order valence-corrected chi connectivity index (χ0v) is 9.44. The Kier molecular flexibility index (Phi) is 3.38. The number of hydrogen-bond acceptors (Lipinski definition) is 4. The Morgan fingerprint density at radius 3 is 2.73 bits per heavy atom. The molecular formula is C10H14ClN3O. The maximum absolute atomic E-state index is 5.82. The van der Waals surface area contributed by atoms with Crippen LogP contribution >= 0.6 is 11.6 Å². The molecule has 0 aliphatic carbocycles. The lowest BCUT2D eigenvalue weighted by molar-refractivity contribution is 0.0818. The fraction of sp³-hybridized carbons (Fsp3) is 0.600. The number of ether oxygens (including phenoxy) is 1. The van der Waals surface area contributed by atoms with Crippen molar-refractivity contribution in [2.45, 2.75) is 18.9 Å². The number of hydrogen-bond donors (Lipinski definition) is 0. The van der Waals surface area contributed by atoms with Gasteiger partial charge in [-0.05, 0) is 12.8 Å². The van der Waals surface area contributed by atoms with Crippen LogP contribution < -0.4 is 4.90 Å². The Hall–Kier alpha value is -0.870. The Labute approximate surface area is 94.2 Å². The monoisotopic (exact) mass is 227 g/mol. The van der Waals surface area contributed by atoms with Gasteiger partial charge in [0.1, 0.15) is 17.3 Å². The van der Waals surface area contributed by atoms with Gasteiger partial charge in [0.2, 0.25) is 0 Å². The number of halogens is 1. The number of aromatic nitrogens is 2. The molecule has 0 bridgehead atoms. The fourth-order valence-corrected chi connectivity index (χ4v) is 1.96. The van der Waals surface area contributed by atoms with E-state index in [1.807, 2.05) is 0 Å². The number of methoxy groups -OCH3 is 1. The van der Waals surface area contributed by atoms with E-state index >= 15 is 0 Å². The number of rotatable bonds is 2. The first-order valence-electron chi connectivity index (χ1n) is 5.05. The molecule has 0 spiro atoms. The molecule has 0 radical (unpaired) electrons. The molecule has 15 heavy (non-hydrogen) atoms. The SMILES string of the molecule is COC1CCN(c2cc(Cl)ncn2)CC1. The minimum absolute atomic E-state index is 0.388. The Bertz CT molecular complexity index is 326. The Balaban J connectivity index is 2.01. The molecule has 0 aromatic carbocycles. The van der Waals surface area contributed by atoms with E-state index in [9.17, 15) is 0 Å². The van der Waals surface area contributed by atoms with E-state index in [-0.39, 0.29) is 0 Å². The normalized spacial score (nSPS) is 18.1. The lowest BCUT2D eigenvalue weighted by Gasteiger charge is -2.31. The van der Waals surface area contributed by atoms with E-state index in [2.05, 4.69) is 14.9 Å². The molecule has 1 aromatic heterocycles. The van der Waals surface area contributed by atoms with E-state index in [0.717, 1.165) is 31.7 Å². The summed E-state index contributed by atoms with van der Waals surface area (Å²) in [6.07, 6.45) is 3.97. The summed E-state index contributed by atoms with van der Waals surface area (Å²) in [4.78, 5) is 10.3. The van der Waals surface area contributed by atoms with Crippen molar-refractivity contribution < 1.29 is 4.74 Å². The van der Waals surface area contributed by atoms with E-state index in [1.165, 1.54) is 6.33 Å². The lowest BCUT2D eigenvalue weighted by Crippen LogP contribution is -2.37. The van der Waals surface area contributed by atoms with Gasteiger partial charge in [0.15, 0.2) is 0 Å². The maximum atomic E-state index is 5.82. The van der Waals surface area contributed by atoms with Crippen LogP contribution in [0.3, 0.4) is 0 Å². The molecule has 0 atom stereocenters. The third-order valence-corrected chi connectivity index (χ3v) is 2.93. The van der Waals surface area contributed by atoms with Crippen molar-refractivity contribution >= 4 is 17.4 Å². The van der Waals surface area contributed by atoms with Crippen LogP contribution in [-0.2, 0) is 4.74 Å². The molecule has 0 amide bonds. The standard InChI is InChI=1S/C10H14ClN3O/c1-15-8-2-4-14(5-3-8)10-6-9(11)12-7-13-10/h6-8H,2-5H2,1H3. The number of anilines is 1. The van der Waals surface area contributed by atoms with Gasteiger partial charge in [0.25, 0.3) is 0 Å². The summed E-state index contributed by atoms with van der Waals surface area (Å²) < 4.78 is 5.31. The molecule has 1 aliphatic heterocycles. The van der Waals surface area contributed by atoms with Gasteiger partial charge < -0.3 is 9.64 Å². The molecule has 0 saturated carbocycles. The van der Waals surface area contributed by atoms with Crippen molar-refractivity contribution in [2.24, 2.45) is 0 Å². The van der Waals surface area contributed by atoms with Crippen LogP contribution in [0.1, 0.15) is 12.8 Å². The van der Waals surface area contributed by atoms with E-state index < -0.39 is 0 Å². The van der Waals surface area contributed by atoms with Crippen molar-refractivity contribution in [1.29, 1.82) is 0 Å². The molecule has 0 N–H and O–H groups in total. The van der Waals surface area contributed by atoms with Crippen molar-refractivity contribution in [1.82, 2.24) is 9.97 Å². The first-order chi connectivity index (χ1) is 7.29. The Morgan fingerprint density at radius 1 is 1.40 bits per heavy atom. The van der Waals surface area contributed by atoms with Gasteiger partial charge in [-0.25, -0.2) is 9.97 Å². The van der Waals surface area contributed by atoms with Crippen molar-refractivity contribution in [3.8, 4) is 0 Å². The number of piperidine rings is 1. The third kappa shape index (κ3) is 2.58. The summed E-state index contributed by atoms with van der Waals surface area (Å²) >= 11 is 5.82. The topological polar surface area (TPSA) is 38.2 Å². The quantitative estimate of drug-likeness (QED) is 0.722. The second-order valence-corrected chi connectivity index (χ2v) is 4.01. The molecule has 1 fully saturated rings. The molecule has 5 heteroatoms. The van der Waals surface area contributed by atoms with Crippen LogP contribution in [0.5, 0.6) is 0 Å². The van der Waals surface area contributed by atoms with Crippen LogP contribution in [-0.4, -0.2) is 36.3 Å². The average molecular weight is 228 g/mol. The number of nitrogens with zero attached hydrogens (tertiary/aromatic N) is 3. The summed E-state index contributed by atoms with van der Waals surface area (Å²) in [5.74, 6) is 0.907. The predicted molar refractivity (Wildman–Crippen MR) is 59.3 cm³/mol. The zero-order valence-electron chi connectivity index (χ0n) is 8.69. The summed E-state index contributed by atoms with van der Waals surface area (Å²) in [6, 6.07) is 1.80. The van der Waals surface area contributed by atoms with E-state index in [1.54, 1.807) is 13.2 Å². The minimum Gasteiger partial charge on any atom is -0.381 e. The molecular weight excluding hydrogens is 214 g/mol. The molecule has 1 aliphatic rings. The minimum atomic E-state index is 0.388. The van der Waals surface area contributed by atoms with Crippen LogP contribution in [0.4, 0.5) is 5.82 Å². The van der Waals surface area contributed by atoms with Crippen molar-refractivity contribution in [3.63, 3.8) is 0 Å². The third-order valence-electron chi connectivity index (χ3n) is 2.72. The molecule has 0 unspecified atom stereocenters. The van der Waals surface area contributed by atoms with Gasteiger partial charge in [0, 0.05) is 26.3 Å². The van der Waals surface area contributed by atoms with Gasteiger partial charge >= 0.3 is 0 Å². The van der Waals surface area contributed by atoms with Gasteiger partial charge in [-0.2, -0.15) is 0 Å². The van der Waals surface area contributed by atoms with Gasteiger partial charge in [-0.1, -0.05) is 11.6 Å². The highest BCUT2D eigenvalue weighted by atomic mass is 35.5. The maximum Gasteiger partial charge on any atom is 0.134 e. The highest BCUT2D eigenvalue weighted by Crippen LogP contribution is 2.20. The highest BCUT2D eigenvalue weighted by molar-refractivity contribution is 6.29. The largest absolute Gasteiger partial charge is 0.381 e. The molecule has 1 saturated heterocycles. The summed E-state index contributed by atoms with van der Waals surface area (Å²) in [5, 5.41) is 0.494. The first kappa shape index (κ1) is 10.6. The lowest BCUT2D eigenvalue weighted by atomic mass is 10.1. The Morgan fingerprint density at radius 2 is 2.13 bits per heavy atom. The molecule has 2 heterocycles. The average Bonchev–Trinajstić information content (AvgIpc) is 2.29. The zero-order chi connectivity index (χ0) is 10.7. The molecule has 82 valence electrons. The molecule has 4 nitrogen and oxygen atoms in total. The van der Waals surface area contributed by atoms with Crippen molar-refractivity contribution in [3.05, 3.63) is 17.5 Å². The summed E-state index contributed by atoms with van der Waals surface area (Å²) in [6.45, 7) is 1.93. The van der Waals surface area contributed by atoms with Crippen LogP contribution in [0.2, 0.25) is 5.15 Å².